The fraction of sp³-hybridized carbons (Fsp3) is 0.300. The van der Waals surface area contributed by atoms with Crippen molar-refractivity contribution in [2.45, 2.75) is 13.3 Å². The van der Waals surface area contributed by atoms with Crippen LogP contribution in [-0.2, 0) is 11.2 Å². The zero-order valence-electron chi connectivity index (χ0n) is 8.09. The Balaban J connectivity index is 0. The maximum Gasteiger partial charge on any atom is 0.106 e. The minimum Gasteiger partial charge on any atom is -0.333 e. The topological polar surface area (TPSA) is 43.1 Å². The van der Waals surface area contributed by atoms with Gasteiger partial charge in [-0.3, -0.25) is 0 Å². The first-order valence-electron chi connectivity index (χ1n) is 3.94. The van der Waals surface area contributed by atoms with E-state index in [-0.39, 0.29) is 0 Å². The summed E-state index contributed by atoms with van der Waals surface area (Å²) < 4.78 is 0. The Hall–Kier alpha value is -0.860. The summed E-state index contributed by atoms with van der Waals surface area (Å²) in [6.45, 7) is 4.13. The Morgan fingerprint density at radius 2 is 1.62 bits per heavy atom. The molecule has 0 amide bonds. The molecule has 0 spiro atoms. The van der Waals surface area contributed by atoms with Crippen molar-refractivity contribution < 1.29 is 4.79 Å². The third-order valence-electron chi connectivity index (χ3n) is 1.32. The summed E-state index contributed by atoms with van der Waals surface area (Å²) in [6, 6.07) is 7.92. The van der Waals surface area contributed by atoms with Crippen LogP contribution in [-0.4, -0.2) is 13.8 Å². The number of hydrogen-bond acceptors (Lipinski definition) is 2. The number of carbonyl (C=O) groups is 1. The van der Waals surface area contributed by atoms with Gasteiger partial charge in [0.25, 0.3) is 0 Å². The van der Waals surface area contributed by atoms with Crippen LogP contribution in [0.1, 0.15) is 12.5 Å². The molecule has 0 fully saturated rings. The van der Waals surface area contributed by atoms with Gasteiger partial charge in [-0.15, -0.1) is 0 Å². The lowest BCUT2D eigenvalue weighted by atomic mass is 10.2. The Bertz CT molecular complexity index is 199. The van der Waals surface area contributed by atoms with Crippen LogP contribution >= 0.6 is 11.6 Å². The molecule has 1 aromatic rings. The molecule has 0 aliphatic heterocycles. The summed E-state index contributed by atoms with van der Waals surface area (Å²) in [5.41, 5.74) is 5.83. The maximum absolute atomic E-state index is 8.00. The van der Waals surface area contributed by atoms with Crippen LogP contribution in [0.3, 0.4) is 0 Å². The van der Waals surface area contributed by atoms with Crippen LogP contribution in [0.2, 0.25) is 5.02 Å². The number of hydrogen-bond donors (Lipinski definition) is 1. The highest BCUT2D eigenvalue weighted by atomic mass is 35.5. The highest BCUT2D eigenvalue weighted by Gasteiger charge is 1.86. The molecular formula is C10H16ClNO. The Kier molecular flexibility index (Phi) is 12.6. The predicted octanol–water partition coefficient (Wildman–Crippen LogP) is 2.29. The SMILES string of the molecule is C=O.CCc1ccc(Cl)cc1.CN. The molecule has 1 aromatic carbocycles. The number of aryl methyl sites for hydroxylation is 1. The first-order chi connectivity index (χ1) is 6.33. The maximum atomic E-state index is 8.00. The van der Waals surface area contributed by atoms with Gasteiger partial charge < -0.3 is 10.5 Å². The standard InChI is InChI=1S/C8H9Cl.CH5N.CH2O/c1-2-7-3-5-8(9)6-4-7;2*1-2/h3-6H,2H2,1H3;2H2,1H3;1H2. The average Bonchev–Trinajstić information content (AvgIpc) is 2.25. The lowest BCUT2D eigenvalue weighted by molar-refractivity contribution is -0.0979. The predicted molar refractivity (Wildman–Crippen MR) is 58.1 cm³/mol. The molecule has 1 rings (SSSR count). The molecule has 3 heteroatoms. The smallest absolute Gasteiger partial charge is 0.106 e. The first-order valence-corrected chi connectivity index (χ1v) is 4.31. The summed E-state index contributed by atoms with van der Waals surface area (Å²) in [7, 11) is 1.50. The monoisotopic (exact) mass is 201 g/mol. The van der Waals surface area contributed by atoms with Gasteiger partial charge in [0, 0.05) is 5.02 Å². The van der Waals surface area contributed by atoms with Crippen molar-refractivity contribution in [2.24, 2.45) is 5.73 Å². The summed E-state index contributed by atoms with van der Waals surface area (Å²) in [5, 5.41) is 0.812. The van der Waals surface area contributed by atoms with Gasteiger partial charge in [0.15, 0.2) is 0 Å². The third-order valence-corrected chi connectivity index (χ3v) is 1.57. The molecule has 0 aliphatic rings. The van der Waals surface area contributed by atoms with Crippen LogP contribution in [0.15, 0.2) is 24.3 Å². The largest absolute Gasteiger partial charge is 0.333 e. The molecular weight excluding hydrogens is 186 g/mol. The van der Waals surface area contributed by atoms with Crippen molar-refractivity contribution in [1.82, 2.24) is 0 Å². The second-order valence-corrected chi connectivity index (χ2v) is 2.42. The van der Waals surface area contributed by atoms with Gasteiger partial charge in [0.2, 0.25) is 0 Å². The minimum absolute atomic E-state index is 0.812. The van der Waals surface area contributed by atoms with E-state index >= 15 is 0 Å². The summed E-state index contributed by atoms with van der Waals surface area (Å²) >= 11 is 5.67. The van der Waals surface area contributed by atoms with E-state index in [0.717, 1.165) is 11.4 Å². The number of rotatable bonds is 1. The molecule has 74 valence electrons. The van der Waals surface area contributed by atoms with E-state index in [1.165, 1.54) is 12.6 Å². The van der Waals surface area contributed by atoms with Gasteiger partial charge in [-0.1, -0.05) is 30.7 Å². The van der Waals surface area contributed by atoms with Gasteiger partial charge >= 0.3 is 0 Å². The Morgan fingerprint density at radius 1 is 1.23 bits per heavy atom. The summed E-state index contributed by atoms with van der Waals surface area (Å²) in [6.07, 6.45) is 1.08. The molecule has 2 N–H and O–H groups in total. The second kappa shape index (κ2) is 11.1. The molecule has 0 radical (unpaired) electrons. The second-order valence-electron chi connectivity index (χ2n) is 1.98. The normalized spacial score (nSPS) is 7.38. The number of carbonyl (C=O) groups excluding carboxylic acids is 1. The molecule has 0 saturated heterocycles. The van der Waals surface area contributed by atoms with Gasteiger partial charge in [0.05, 0.1) is 0 Å². The molecule has 0 unspecified atom stereocenters. The minimum atomic E-state index is 0.812. The molecule has 0 heterocycles. The van der Waals surface area contributed by atoms with E-state index in [1.54, 1.807) is 0 Å². The average molecular weight is 202 g/mol. The van der Waals surface area contributed by atoms with Gasteiger partial charge in [-0.2, -0.15) is 0 Å². The van der Waals surface area contributed by atoms with Gasteiger partial charge in [-0.25, -0.2) is 0 Å². The van der Waals surface area contributed by atoms with Crippen LogP contribution in [0.25, 0.3) is 0 Å². The van der Waals surface area contributed by atoms with Crippen molar-refractivity contribution in [3.63, 3.8) is 0 Å². The van der Waals surface area contributed by atoms with Crippen LogP contribution in [0, 0.1) is 0 Å². The molecule has 2 nitrogen and oxygen atoms in total. The third kappa shape index (κ3) is 7.50. The zero-order chi connectivity index (χ0) is 10.7. The van der Waals surface area contributed by atoms with Crippen molar-refractivity contribution >= 4 is 18.4 Å². The fourth-order valence-corrected chi connectivity index (χ4v) is 0.846. The van der Waals surface area contributed by atoms with E-state index < -0.39 is 0 Å². The highest BCUT2D eigenvalue weighted by molar-refractivity contribution is 6.30. The summed E-state index contributed by atoms with van der Waals surface area (Å²) in [4.78, 5) is 8.00. The molecule has 0 aliphatic carbocycles. The Morgan fingerprint density at radius 3 is 1.92 bits per heavy atom. The molecule has 0 saturated carbocycles. The number of halogens is 1. The lowest BCUT2D eigenvalue weighted by Crippen LogP contribution is -1.75. The molecule has 0 atom stereocenters. The van der Waals surface area contributed by atoms with Crippen LogP contribution < -0.4 is 5.73 Å². The van der Waals surface area contributed by atoms with E-state index in [9.17, 15) is 0 Å². The van der Waals surface area contributed by atoms with E-state index in [4.69, 9.17) is 16.4 Å². The van der Waals surface area contributed by atoms with E-state index in [2.05, 4.69) is 12.7 Å². The fourth-order valence-electron chi connectivity index (χ4n) is 0.720. The van der Waals surface area contributed by atoms with Crippen molar-refractivity contribution in [2.75, 3.05) is 7.05 Å². The molecule has 13 heavy (non-hydrogen) atoms. The van der Waals surface area contributed by atoms with Crippen molar-refractivity contribution in [3.8, 4) is 0 Å². The van der Waals surface area contributed by atoms with Gasteiger partial charge in [-0.05, 0) is 31.2 Å². The number of nitrogens with two attached hydrogens (primary N) is 1. The van der Waals surface area contributed by atoms with Crippen molar-refractivity contribution in [1.29, 1.82) is 0 Å². The van der Waals surface area contributed by atoms with Crippen molar-refractivity contribution in [3.05, 3.63) is 34.9 Å². The Labute approximate surface area is 84.7 Å². The van der Waals surface area contributed by atoms with Gasteiger partial charge in [0.1, 0.15) is 6.79 Å². The quantitative estimate of drug-likeness (QED) is 0.758. The van der Waals surface area contributed by atoms with E-state index in [0.29, 0.717) is 0 Å². The highest BCUT2D eigenvalue weighted by Crippen LogP contribution is 2.09. The molecule has 0 bridgehead atoms. The lowest BCUT2D eigenvalue weighted by Gasteiger charge is -1.93. The first kappa shape index (κ1) is 14.7. The molecule has 0 aromatic heterocycles. The summed E-state index contributed by atoms with van der Waals surface area (Å²) in [5.74, 6) is 0. The van der Waals surface area contributed by atoms with E-state index in [1.807, 2.05) is 31.1 Å². The number of benzene rings is 1. The van der Waals surface area contributed by atoms with Crippen LogP contribution in [0.4, 0.5) is 0 Å². The zero-order valence-corrected chi connectivity index (χ0v) is 8.84. The van der Waals surface area contributed by atoms with Crippen LogP contribution in [0.5, 0.6) is 0 Å².